The Hall–Kier alpha value is -0.860. The minimum Gasteiger partial charge on any atom is -0.384 e. The number of rotatable bonds is 5. The average Bonchev–Trinajstić information content (AvgIpc) is 2.26. The lowest BCUT2D eigenvalue weighted by molar-refractivity contribution is -0.119. The fraction of sp³-hybridized carbons (Fsp3) is 0.364. The predicted molar refractivity (Wildman–Crippen MR) is 56.5 cm³/mol. The molecule has 0 bridgehead atoms. The largest absolute Gasteiger partial charge is 0.384 e. The van der Waals surface area contributed by atoms with E-state index in [1.54, 1.807) is 7.11 Å². The Balaban J connectivity index is 2.57. The Morgan fingerprint density at radius 2 is 2.07 bits per heavy atom. The molecule has 0 radical (unpaired) electrons. The van der Waals surface area contributed by atoms with Crippen LogP contribution >= 0.6 is 11.6 Å². The highest BCUT2D eigenvalue weighted by Gasteiger charge is 2.16. The second kappa shape index (κ2) is 5.78. The lowest BCUT2D eigenvalue weighted by Gasteiger charge is -2.07. The van der Waals surface area contributed by atoms with Gasteiger partial charge in [0.2, 0.25) is 0 Å². The van der Waals surface area contributed by atoms with Gasteiger partial charge in [0.1, 0.15) is 5.38 Å². The zero-order valence-electron chi connectivity index (χ0n) is 8.07. The minimum absolute atomic E-state index is 0.000262. The summed E-state index contributed by atoms with van der Waals surface area (Å²) < 4.78 is 4.82. The Morgan fingerprint density at radius 3 is 2.64 bits per heavy atom. The van der Waals surface area contributed by atoms with Crippen molar-refractivity contribution in [2.75, 3.05) is 13.7 Å². The molecule has 1 atom stereocenters. The summed E-state index contributed by atoms with van der Waals surface area (Å²) in [6, 6.07) is 9.33. The second-order valence-corrected chi connectivity index (χ2v) is 3.42. The number of carbonyl (C=O) groups is 1. The van der Waals surface area contributed by atoms with Crippen LogP contribution in [0.2, 0.25) is 0 Å². The molecule has 0 aromatic heterocycles. The third kappa shape index (κ3) is 3.13. The van der Waals surface area contributed by atoms with E-state index in [0.717, 1.165) is 5.56 Å². The van der Waals surface area contributed by atoms with Crippen LogP contribution in [0.4, 0.5) is 0 Å². The number of benzene rings is 1. The van der Waals surface area contributed by atoms with E-state index in [1.807, 2.05) is 30.3 Å². The first kappa shape index (κ1) is 11.2. The molecular weight excluding hydrogens is 200 g/mol. The molecule has 0 saturated carbocycles. The molecule has 0 saturated heterocycles. The molecule has 3 heteroatoms. The summed E-state index contributed by atoms with van der Waals surface area (Å²) in [5.41, 5.74) is 0.843. The Kier molecular flexibility index (Phi) is 4.63. The summed E-state index contributed by atoms with van der Waals surface area (Å²) >= 11 is 5.99. The van der Waals surface area contributed by atoms with E-state index in [1.165, 1.54) is 0 Å². The molecule has 0 heterocycles. The predicted octanol–water partition coefficient (Wildman–Crippen LogP) is 2.57. The number of ether oxygens (including phenoxy) is 1. The highest BCUT2D eigenvalue weighted by Crippen LogP contribution is 2.22. The van der Waals surface area contributed by atoms with Gasteiger partial charge in [-0.25, -0.2) is 0 Å². The van der Waals surface area contributed by atoms with Crippen LogP contribution in [0, 0.1) is 0 Å². The molecule has 0 fully saturated rings. The Morgan fingerprint density at radius 1 is 1.43 bits per heavy atom. The van der Waals surface area contributed by atoms with Crippen molar-refractivity contribution in [3.8, 4) is 0 Å². The van der Waals surface area contributed by atoms with E-state index in [2.05, 4.69) is 0 Å². The quantitative estimate of drug-likeness (QED) is 0.702. The number of halogens is 1. The fourth-order valence-corrected chi connectivity index (χ4v) is 1.39. The third-order valence-electron chi connectivity index (χ3n) is 1.93. The van der Waals surface area contributed by atoms with Gasteiger partial charge in [-0.05, 0) is 5.56 Å². The standard InChI is InChI=1S/C11H13ClO2/c1-14-8-7-10(13)11(12)9-5-3-2-4-6-9/h2-6,11H,7-8H2,1H3. The molecule has 76 valence electrons. The van der Waals surface area contributed by atoms with Crippen molar-refractivity contribution in [1.82, 2.24) is 0 Å². The van der Waals surface area contributed by atoms with Crippen LogP contribution in [0.1, 0.15) is 17.4 Å². The number of carbonyl (C=O) groups excluding carboxylic acids is 1. The molecule has 1 rings (SSSR count). The van der Waals surface area contributed by atoms with Crippen LogP contribution in [-0.2, 0) is 9.53 Å². The van der Waals surface area contributed by atoms with Gasteiger partial charge in [-0.1, -0.05) is 30.3 Å². The van der Waals surface area contributed by atoms with Crippen molar-refractivity contribution < 1.29 is 9.53 Å². The van der Waals surface area contributed by atoms with Gasteiger partial charge < -0.3 is 4.74 Å². The van der Waals surface area contributed by atoms with Gasteiger partial charge in [0.05, 0.1) is 6.61 Å². The molecule has 14 heavy (non-hydrogen) atoms. The Labute approximate surface area is 88.8 Å². The highest BCUT2D eigenvalue weighted by atomic mass is 35.5. The highest BCUT2D eigenvalue weighted by molar-refractivity contribution is 6.31. The van der Waals surface area contributed by atoms with Crippen molar-refractivity contribution >= 4 is 17.4 Å². The van der Waals surface area contributed by atoms with Gasteiger partial charge in [-0.3, -0.25) is 4.79 Å². The first-order valence-electron chi connectivity index (χ1n) is 4.46. The van der Waals surface area contributed by atoms with E-state index < -0.39 is 5.38 Å². The average molecular weight is 213 g/mol. The molecule has 0 spiro atoms. The number of hydrogen-bond donors (Lipinski definition) is 0. The molecule has 1 aromatic carbocycles. The van der Waals surface area contributed by atoms with Gasteiger partial charge in [-0.15, -0.1) is 11.6 Å². The summed E-state index contributed by atoms with van der Waals surface area (Å²) in [6.45, 7) is 0.425. The van der Waals surface area contributed by atoms with Gasteiger partial charge in [0.15, 0.2) is 5.78 Å². The van der Waals surface area contributed by atoms with Gasteiger partial charge in [-0.2, -0.15) is 0 Å². The SMILES string of the molecule is COCCC(=O)C(Cl)c1ccccc1. The lowest BCUT2D eigenvalue weighted by Crippen LogP contribution is -2.09. The Bertz CT molecular complexity index is 285. The molecule has 0 amide bonds. The molecule has 0 aliphatic heterocycles. The summed E-state index contributed by atoms with van der Waals surface area (Å²) in [5.74, 6) is -0.000262. The van der Waals surface area contributed by atoms with Crippen molar-refractivity contribution in [1.29, 1.82) is 0 Å². The van der Waals surface area contributed by atoms with E-state index in [9.17, 15) is 4.79 Å². The van der Waals surface area contributed by atoms with Crippen LogP contribution in [0.25, 0.3) is 0 Å². The first-order chi connectivity index (χ1) is 6.75. The van der Waals surface area contributed by atoms with E-state index in [4.69, 9.17) is 16.3 Å². The zero-order valence-corrected chi connectivity index (χ0v) is 8.83. The monoisotopic (exact) mass is 212 g/mol. The second-order valence-electron chi connectivity index (χ2n) is 2.98. The van der Waals surface area contributed by atoms with Crippen LogP contribution < -0.4 is 0 Å². The molecule has 0 aliphatic carbocycles. The van der Waals surface area contributed by atoms with Gasteiger partial charge in [0.25, 0.3) is 0 Å². The van der Waals surface area contributed by atoms with Crippen LogP contribution in [0.15, 0.2) is 30.3 Å². The first-order valence-corrected chi connectivity index (χ1v) is 4.90. The summed E-state index contributed by atoms with van der Waals surface area (Å²) in [5, 5.41) is -0.550. The normalized spacial score (nSPS) is 12.4. The van der Waals surface area contributed by atoms with Crippen molar-refractivity contribution in [3.63, 3.8) is 0 Å². The fourth-order valence-electron chi connectivity index (χ4n) is 1.14. The maximum absolute atomic E-state index is 11.5. The number of Topliss-reactive ketones (excluding diaryl/α,β-unsaturated/α-hetero) is 1. The van der Waals surface area contributed by atoms with Crippen molar-refractivity contribution in [3.05, 3.63) is 35.9 Å². The topological polar surface area (TPSA) is 26.3 Å². The molecule has 0 aliphatic rings. The molecule has 0 N–H and O–H groups in total. The molecular formula is C11H13ClO2. The van der Waals surface area contributed by atoms with E-state index in [-0.39, 0.29) is 5.78 Å². The van der Waals surface area contributed by atoms with Crippen LogP contribution in [0.5, 0.6) is 0 Å². The smallest absolute Gasteiger partial charge is 0.157 e. The minimum atomic E-state index is -0.550. The maximum Gasteiger partial charge on any atom is 0.157 e. The van der Waals surface area contributed by atoms with E-state index in [0.29, 0.717) is 13.0 Å². The van der Waals surface area contributed by atoms with Crippen LogP contribution in [0.3, 0.4) is 0 Å². The third-order valence-corrected chi connectivity index (χ3v) is 2.42. The number of alkyl halides is 1. The van der Waals surface area contributed by atoms with Gasteiger partial charge >= 0.3 is 0 Å². The van der Waals surface area contributed by atoms with Crippen molar-refractivity contribution in [2.45, 2.75) is 11.8 Å². The van der Waals surface area contributed by atoms with Gasteiger partial charge in [0, 0.05) is 13.5 Å². The lowest BCUT2D eigenvalue weighted by atomic mass is 10.1. The summed E-state index contributed by atoms with van der Waals surface area (Å²) in [6.07, 6.45) is 0.361. The van der Waals surface area contributed by atoms with Crippen molar-refractivity contribution in [2.24, 2.45) is 0 Å². The van der Waals surface area contributed by atoms with E-state index >= 15 is 0 Å². The number of hydrogen-bond acceptors (Lipinski definition) is 2. The zero-order chi connectivity index (χ0) is 10.4. The summed E-state index contributed by atoms with van der Waals surface area (Å²) in [4.78, 5) is 11.5. The van der Waals surface area contributed by atoms with Crippen LogP contribution in [-0.4, -0.2) is 19.5 Å². The molecule has 1 aromatic rings. The summed E-state index contributed by atoms with van der Waals surface area (Å²) in [7, 11) is 1.57. The number of methoxy groups -OCH3 is 1. The maximum atomic E-state index is 11.5. The molecule has 1 unspecified atom stereocenters. The molecule has 2 nitrogen and oxygen atoms in total. The number of ketones is 1.